The molecule has 0 amide bonds. The Labute approximate surface area is 137 Å². The maximum Gasteiger partial charge on any atom is 0.349 e. The number of halogens is 1. The average Bonchev–Trinajstić information content (AvgIpc) is 2.87. The normalized spacial score (nSPS) is 15.7. The molecule has 6 heteroatoms. The average molecular weight is 338 g/mol. The third-order valence-electron chi connectivity index (χ3n) is 4.03. The number of benzene rings is 1. The van der Waals surface area contributed by atoms with Crippen LogP contribution < -0.4 is 9.47 Å². The maximum atomic E-state index is 14.0. The van der Waals surface area contributed by atoms with Crippen LogP contribution in [0.2, 0.25) is 0 Å². The first-order valence-electron chi connectivity index (χ1n) is 7.89. The molecule has 0 spiro atoms. The first-order chi connectivity index (χ1) is 11.1. The molecule has 0 unspecified atom stereocenters. The number of carboxylic acid groups (broad SMARTS) is 1. The van der Waals surface area contributed by atoms with Gasteiger partial charge in [-0.25, -0.2) is 9.18 Å². The Morgan fingerprint density at radius 1 is 1.35 bits per heavy atom. The number of carbonyl (C=O) groups is 1. The predicted molar refractivity (Wildman–Crippen MR) is 87.4 cm³/mol. The highest BCUT2D eigenvalue weighted by atomic mass is 32.1. The van der Waals surface area contributed by atoms with Gasteiger partial charge in [0.2, 0.25) is 0 Å². The molecule has 0 saturated heterocycles. The molecule has 1 aromatic carbocycles. The van der Waals surface area contributed by atoms with Crippen molar-refractivity contribution >= 4 is 27.4 Å². The molecule has 1 aliphatic carbocycles. The number of hydrogen-bond acceptors (Lipinski definition) is 4. The van der Waals surface area contributed by atoms with E-state index in [9.17, 15) is 14.3 Å². The molecule has 124 valence electrons. The molecule has 1 fully saturated rings. The number of fused-ring (bicyclic) bond motifs is 1. The highest BCUT2D eigenvalue weighted by Gasteiger charge is 2.25. The number of carboxylic acids is 1. The second kappa shape index (κ2) is 6.74. The Bertz CT molecular complexity index is 719. The number of hydrogen-bond donors (Lipinski definition) is 1. The maximum absolute atomic E-state index is 14.0. The molecule has 1 saturated carbocycles. The number of rotatable bonds is 5. The zero-order valence-corrected chi connectivity index (χ0v) is 13.7. The zero-order valence-electron chi connectivity index (χ0n) is 12.9. The van der Waals surface area contributed by atoms with Gasteiger partial charge in [-0.15, -0.1) is 11.3 Å². The van der Waals surface area contributed by atoms with Crippen LogP contribution in [0.25, 0.3) is 10.1 Å². The van der Waals surface area contributed by atoms with Crippen LogP contribution in [0.4, 0.5) is 4.39 Å². The summed E-state index contributed by atoms with van der Waals surface area (Å²) < 4.78 is 25.9. The van der Waals surface area contributed by atoms with Crippen molar-refractivity contribution in [3.63, 3.8) is 0 Å². The fraction of sp³-hybridized carbons (Fsp3) is 0.471. The van der Waals surface area contributed by atoms with E-state index < -0.39 is 11.8 Å². The van der Waals surface area contributed by atoms with Crippen LogP contribution in [0.3, 0.4) is 0 Å². The second-order valence-electron chi connectivity index (χ2n) is 5.66. The quantitative estimate of drug-likeness (QED) is 0.847. The molecule has 1 N–H and O–H groups in total. The van der Waals surface area contributed by atoms with E-state index in [0.717, 1.165) is 37.0 Å². The Hall–Kier alpha value is -1.82. The molecule has 1 aromatic heterocycles. The van der Waals surface area contributed by atoms with Crippen molar-refractivity contribution < 1.29 is 23.8 Å². The Morgan fingerprint density at radius 2 is 2.09 bits per heavy atom. The molecule has 0 bridgehead atoms. The van der Waals surface area contributed by atoms with Crippen LogP contribution >= 0.6 is 11.3 Å². The summed E-state index contributed by atoms with van der Waals surface area (Å²) in [7, 11) is 0. The lowest BCUT2D eigenvalue weighted by atomic mass is 9.98. The van der Waals surface area contributed by atoms with Gasteiger partial charge >= 0.3 is 5.97 Å². The molecule has 3 rings (SSSR count). The Balaban J connectivity index is 2.05. The van der Waals surface area contributed by atoms with E-state index in [1.807, 2.05) is 0 Å². The summed E-state index contributed by atoms with van der Waals surface area (Å²) in [6.07, 6.45) is 5.25. The standard InChI is InChI=1S/C17H19FO4S/c1-2-21-13-8-11-14(9-12(13)18)23-16(17(19)20)15(11)22-10-6-4-3-5-7-10/h8-10H,2-7H2,1H3,(H,19,20). The first-order valence-corrected chi connectivity index (χ1v) is 8.70. The van der Waals surface area contributed by atoms with Crippen molar-refractivity contribution in [2.24, 2.45) is 0 Å². The van der Waals surface area contributed by atoms with Gasteiger partial charge in [-0.2, -0.15) is 0 Å². The second-order valence-corrected chi connectivity index (χ2v) is 6.71. The molecule has 4 nitrogen and oxygen atoms in total. The number of aromatic carboxylic acids is 1. The Morgan fingerprint density at radius 3 is 2.74 bits per heavy atom. The van der Waals surface area contributed by atoms with E-state index in [4.69, 9.17) is 9.47 Å². The molecule has 1 aliphatic rings. The number of thiophene rings is 1. The van der Waals surface area contributed by atoms with E-state index in [0.29, 0.717) is 22.4 Å². The van der Waals surface area contributed by atoms with E-state index in [1.54, 1.807) is 13.0 Å². The summed E-state index contributed by atoms with van der Waals surface area (Å²) >= 11 is 1.04. The highest BCUT2D eigenvalue weighted by molar-refractivity contribution is 7.21. The van der Waals surface area contributed by atoms with E-state index >= 15 is 0 Å². The van der Waals surface area contributed by atoms with E-state index in [-0.39, 0.29) is 16.7 Å². The fourth-order valence-corrected chi connectivity index (χ4v) is 3.93. The van der Waals surface area contributed by atoms with Crippen molar-refractivity contribution in [1.82, 2.24) is 0 Å². The number of ether oxygens (including phenoxy) is 2. The van der Waals surface area contributed by atoms with Gasteiger partial charge in [0.1, 0.15) is 0 Å². The lowest BCUT2D eigenvalue weighted by Gasteiger charge is -2.23. The lowest BCUT2D eigenvalue weighted by Crippen LogP contribution is -2.20. The largest absolute Gasteiger partial charge is 0.491 e. The SMILES string of the molecule is CCOc1cc2c(OC3CCCCC3)c(C(=O)O)sc2cc1F. The van der Waals surface area contributed by atoms with Gasteiger partial charge in [0.15, 0.2) is 22.2 Å². The van der Waals surface area contributed by atoms with Crippen molar-refractivity contribution in [3.8, 4) is 11.5 Å². The van der Waals surface area contributed by atoms with Gasteiger partial charge in [0, 0.05) is 10.1 Å². The van der Waals surface area contributed by atoms with Crippen molar-refractivity contribution in [1.29, 1.82) is 0 Å². The summed E-state index contributed by atoms with van der Waals surface area (Å²) in [6.45, 7) is 2.12. The summed E-state index contributed by atoms with van der Waals surface area (Å²) in [6, 6.07) is 2.88. The molecular formula is C17H19FO4S. The molecule has 2 aromatic rings. The minimum absolute atomic E-state index is 0.0280. The monoisotopic (exact) mass is 338 g/mol. The van der Waals surface area contributed by atoms with E-state index in [1.165, 1.54) is 12.5 Å². The minimum Gasteiger partial charge on any atom is -0.491 e. The summed E-state index contributed by atoms with van der Waals surface area (Å²) in [4.78, 5) is 11.7. The topological polar surface area (TPSA) is 55.8 Å². The van der Waals surface area contributed by atoms with Crippen LogP contribution in [-0.2, 0) is 0 Å². The van der Waals surface area contributed by atoms with Gasteiger partial charge in [0.25, 0.3) is 0 Å². The highest BCUT2D eigenvalue weighted by Crippen LogP contribution is 2.42. The predicted octanol–water partition coefficient (Wildman–Crippen LogP) is 4.85. The van der Waals surface area contributed by atoms with Crippen molar-refractivity contribution in [2.45, 2.75) is 45.1 Å². The zero-order chi connectivity index (χ0) is 16.4. The van der Waals surface area contributed by atoms with Gasteiger partial charge in [-0.3, -0.25) is 0 Å². The first kappa shape index (κ1) is 16.1. The van der Waals surface area contributed by atoms with Gasteiger partial charge < -0.3 is 14.6 Å². The molecular weight excluding hydrogens is 319 g/mol. The summed E-state index contributed by atoms with van der Waals surface area (Å²) in [5, 5.41) is 10.1. The summed E-state index contributed by atoms with van der Waals surface area (Å²) in [5.41, 5.74) is 0. The smallest absolute Gasteiger partial charge is 0.349 e. The van der Waals surface area contributed by atoms with Gasteiger partial charge in [0.05, 0.1) is 12.7 Å². The lowest BCUT2D eigenvalue weighted by molar-refractivity contribution is 0.0693. The molecule has 1 heterocycles. The van der Waals surface area contributed by atoms with Crippen LogP contribution in [-0.4, -0.2) is 23.8 Å². The van der Waals surface area contributed by atoms with Gasteiger partial charge in [-0.05, 0) is 44.7 Å². The fourth-order valence-electron chi connectivity index (χ4n) is 2.95. The van der Waals surface area contributed by atoms with Crippen LogP contribution in [0.15, 0.2) is 12.1 Å². The van der Waals surface area contributed by atoms with Crippen LogP contribution in [0.1, 0.15) is 48.7 Å². The van der Waals surface area contributed by atoms with Crippen molar-refractivity contribution in [3.05, 3.63) is 22.8 Å². The van der Waals surface area contributed by atoms with E-state index in [2.05, 4.69) is 0 Å². The molecule has 0 atom stereocenters. The third-order valence-corrected chi connectivity index (χ3v) is 5.15. The van der Waals surface area contributed by atoms with Crippen molar-refractivity contribution in [2.75, 3.05) is 6.61 Å². The third kappa shape index (κ3) is 3.27. The minimum atomic E-state index is -1.05. The van der Waals surface area contributed by atoms with Crippen LogP contribution in [0, 0.1) is 5.82 Å². The summed E-state index contributed by atoms with van der Waals surface area (Å²) in [5.74, 6) is -1.05. The van der Waals surface area contributed by atoms with Crippen LogP contribution in [0.5, 0.6) is 11.5 Å². The molecule has 0 aliphatic heterocycles. The molecule has 23 heavy (non-hydrogen) atoms. The van der Waals surface area contributed by atoms with Gasteiger partial charge in [-0.1, -0.05) is 6.42 Å². The molecule has 0 radical (unpaired) electrons. The Kier molecular flexibility index (Phi) is 4.71.